The SMILES string of the molecule is CC1CCc2c(sc3ncnc(SCC(=O)NC4CCCC4)c23)C1. The molecule has 2 aliphatic carbocycles. The molecule has 1 fully saturated rings. The van der Waals surface area contributed by atoms with Gasteiger partial charge in [0.05, 0.1) is 5.75 Å². The molecule has 0 aliphatic heterocycles. The molecule has 0 saturated heterocycles. The number of hydrogen-bond acceptors (Lipinski definition) is 5. The predicted molar refractivity (Wildman–Crippen MR) is 99.7 cm³/mol. The van der Waals surface area contributed by atoms with Gasteiger partial charge in [-0.05, 0) is 43.6 Å². The van der Waals surface area contributed by atoms with Crippen molar-refractivity contribution in [3.63, 3.8) is 0 Å². The van der Waals surface area contributed by atoms with Gasteiger partial charge in [-0.25, -0.2) is 9.97 Å². The van der Waals surface area contributed by atoms with Crippen LogP contribution in [0.3, 0.4) is 0 Å². The summed E-state index contributed by atoms with van der Waals surface area (Å²) in [6.07, 6.45) is 9.89. The molecule has 24 heavy (non-hydrogen) atoms. The molecule has 2 aromatic heterocycles. The van der Waals surface area contributed by atoms with Crippen molar-refractivity contribution in [2.24, 2.45) is 5.92 Å². The van der Waals surface area contributed by atoms with Gasteiger partial charge in [0, 0.05) is 16.3 Å². The first-order chi connectivity index (χ1) is 11.7. The minimum atomic E-state index is 0.136. The topological polar surface area (TPSA) is 54.9 Å². The van der Waals surface area contributed by atoms with E-state index in [1.165, 1.54) is 35.1 Å². The third-order valence-corrected chi connectivity index (χ3v) is 7.27. The van der Waals surface area contributed by atoms with Crippen molar-refractivity contribution >= 4 is 39.2 Å². The lowest BCUT2D eigenvalue weighted by Crippen LogP contribution is -2.33. The van der Waals surface area contributed by atoms with Crippen LogP contribution in [0.25, 0.3) is 10.2 Å². The van der Waals surface area contributed by atoms with Gasteiger partial charge in [0.15, 0.2) is 0 Å². The highest BCUT2D eigenvalue weighted by Gasteiger charge is 2.23. The van der Waals surface area contributed by atoms with Crippen LogP contribution in [0.5, 0.6) is 0 Å². The van der Waals surface area contributed by atoms with Gasteiger partial charge in [0.25, 0.3) is 0 Å². The molecule has 2 aliphatic rings. The van der Waals surface area contributed by atoms with E-state index >= 15 is 0 Å². The Morgan fingerprint density at radius 2 is 2.17 bits per heavy atom. The highest BCUT2D eigenvalue weighted by Crippen LogP contribution is 2.40. The van der Waals surface area contributed by atoms with Crippen LogP contribution in [-0.4, -0.2) is 27.7 Å². The van der Waals surface area contributed by atoms with E-state index in [4.69, 9.17) is 0 Å². The molecule has 1 atom stereocenters. The Labute approximate surface area is 150 Å². The summed E-state index contributed by atoms with van der Waals surface area (Å²) in [5.41, 5.74) is 1.44. The number of thioether (sulfide) groups is 1. The van der Waals surface area contributed by atoms with E-state index in [9.17, 15) is 4.79 Å². The van der Waals surface area contributed by atoms with Gasteiger partial charge >= 0.3 is 0 Å². The van der Waals surface area contributed by atoms with Crippen molar-refractivity contribution in [1.82, 2.24) is 15.3 Å². The van der Waals surface area contributed by atoms with Crippen molar-refractivity contribution in [2.45, 2.75) is 62.9 Å². The lowest BCUT2D eigenvalue weighted by molar-refractivity contribution is -0.119. The third-order valence-electron chi connectivity index (χ3n) is 5.12. The summed E-state index contributed by atoms with van der Waals surface area (Å²) in [6.45, 7) is 2.32. The molecule has 1 saturated carbocycles. The Bertz CT molecular complexity index is 752. The maximum Gasteiger partial charge on any atom is 0.230 e. The fourth-order valence-electron chi connectivity index (χ4n) is 3.83. The molecule has 0 spiro atoms. The lowest BCUT2D eigenvalue weighted by Gasteiger charge is -2.18. The zero-order chi connectivity index (χ0) is 16.5. The molecule has 0 radical (unpaired) electrons. The van der Waals surface area contributed by atoms with Crippen molar-refractivity contribution in [1.29, 1.82) is 0 Å². The van der Waals surface area contributed by atoms with Gasteiger partial charge in [0.1, 0.15) is 16.2 Å². The van der Waals surface area contributed by atoms with E-state index in [2.05, 4.69) is 22.2 Å². The summed E-state index contributed by atoms with van der Waals surface area (Å²) in [4.78, 5) is 23.7. The molecule has 0 aromatic carbocycles. The van der Waals surface area contributed by atoms with Crippen molar-refractivity contribution in [2.75, 3.05) is 5.75 Å². The minimum absolute atomic E-state index is 0.136. The quantitative estimate of drug-likeness (QED) is 0.661. The zero-order valence-corrected chi connectivity index (χ0v) is 15.6. The number of hydrogen-bond donors (Lipinski definition) is 1. The van der Waals surface area contributed by atoms with Crippen LogP contribution in [0.2, 0.25) is 0 Å². The number of nitrogens with one attached hydrogen (secondary N) is 1. The number of nitrogens with zero attached hydrogens (tertiary/aromatic N) is 2. The highest BCUT2D eigenvalue weighted by molar-refractivity contribution is 8.00. The second-order valence-electron chi connectivity index (χ2n) is 7.05. The van der Waals surface area contributed by atoms with E-state index in [0.717, 1.165) is 41.5 Å². The van der Waals surface area contributed by atoms with Gasteiger partial charge < -0.3 is 5.32 Å². The molecule has 2 heterocycles. The first kappa shape index (κ1) is 16.3. The van der Waals surface area contributed by atoms with Gasteiger partial charge in [0.2, 0.25) is 5.91 Å². The van der Waals surface area contributed by atoms with Gasteiger partial charge in [-0.15, -0.1) is 11.3 Å². The Morgan fingerprint density at radius 1 is 1.33 bits per heavy atom. The Balaban J connectivity index is 1.50. The number of fused-ring (bicyclic) bond motifs is 3. The number of aryl methyl sites for hydroxylation is 1. The summed E-state index contributed by atoms with van der Waals surface area (Å²) in [5.74, 6) is 1.34. The zero-order valence-electron chi connectivity index (χ0n) is 14.0. The molecule has 1 unspecified atom stereocenters. The van der Waals surface area contributed by atoms with Crippen molar-refractivity contribution in [3.8, 4) is 0 Å². The number of rotatable bonds is 4. The number of thiophene rings is 1. The van der Waals surface area contributed by atoms with E-state index < -0.39 is 0 Å². The Morgan fingerprint density at radius 3 is 3.00 bits per heavy atom. The first-order valence-electron chi connectivity index (χ1n) is 8.88. The predicted octanol–water partition coefficient (Wildman–Crippen LogP) is 3.97. The van der Waals surface area contributed by atoms with E-state index in [1.807, 2.05) is 11.3 Å². The van der Waals surface area contributed by atoms with E-state index in [-0.39, 0.29) is 5.91 Å². The van der Waals surface area contributed by atoms with Crippen LogP contribution < -0.4 is 5.32 Å². The Kier molecular flexibility index (Phi) is 4.77. The van der Waals surface area contributed by atoms with Crippen LogP contribution in [0.4, 0.5) is 0 Å². The molecule has 128 valence electrons. The highest BCUT2D eigenvalue weighted by atomic mass is 32.2. The lowest BCUT2D eigenvalue weighted by atomic mass is 9.89. The van der Waals surface area contributed by atoms with Crippen LogP contribution in [0, 0.1) is 5.92 Å². The normalized spacial score (nSPS) is 21.1. The van der Waals surface area contributed by atoms with Crippen molar-refractivity contribution in [3.05, 3.63) is 16.8 Å². The van der Waals surface area contributed by atoms with Gasteiger partial charge in [-0.2, -0.15) is 0 Å². The molecular formula is C18H23N3OS2. The summed E-state index contributed by atoms with van der Waals surface area (Å²) in [7, 11) is 0. The molecular weight excluding hydrogens is 338 g/mol. The fraction of sp³-hybridized carbons (Fsp3) is 0.611. The van der Waals surface area contributed by atoms with Crippen LogP contribution in [0.15, 0.2) is 11.4 Å². The fourth-order valence-corrected chi connectivity index (χ4v) is 6.08. The maximum absolute atomic E-state index is 12.2. The molecule has 2 aromatic rings. The molecule has 1 amide bonds. The van der Waals surface area contributed by atoms with E-state index in [1.54, 1.807) is 18.1 Å². The van der Waals surface area contributed by atoms with Crippen molar-refractivity contribution < 1.29 is 4.79 Å². The van der Waals surface area contributed by atoms with Gasteiger partial charge in [-0.3, -0.25) is 4.79 Å². The van der Waals surface area contributed by atoms with Crippen LogP contribution in [0.1, 0.15) is 49.5 Å². The average molecular weight is 362 g/mol. The maximum atomic E-state index is 12.2. The average Bonchev–Trinajstić information content (AvgIpc) is 3.19. The van der Waals surface area contributed by atoms with E-state index in [0.29, 0.717) is 11.8 Å². The smallest absolute Gasteiger partial charge is 0.230 e. The second kappa shape index (κ2) is 7.00. The Hall–Kier alpha value is -1.14. The monoisotopic (exact) mass is 361 g/mol. The summed E-state index contributed by atoms with van der Waals surface area (Å²) in [6, 6.07) is 0.388. The molecule has 4 nitrogen and oxygen atoms in total. The van der Waals surface area contributed by atoms with Gasteiger partial charge in [-0.1, -0.05) is 31.5 Å². The number of amides is 1. The summed E-state index contributed by atoms with van der Waals surface area (Å²) >= 11 is 3.38. The van der Waals surface area contributed by atoms with Crippen LogP contribution >= 0.6 is 23.1 Å². The molecule has 4 rings (SSSR count). The second-order valence-corrected chi connectivity index (χ2v) is 9.10. The number of aromatic nitrogens is 2. The minimum Gasteiger partial charge on any atom is -0.353 e. The first-order valence-corrected chi connectivity index (χ1v) is 10.7. The largest absolute Gasteiger partial charge is 0.353 e. The molecule has 1 N–H and O–H groups in total. The molecule has 6 heteroatoms. The third kappa shape index (κ3) is 3.31. The number of carbonyl (C=O) groups is 1. The van der Waals surface area contributed by atoms with Crippen LogP contribution in [-0.2, 0) is 17.6 Å². The standard InChI is InChI=1S/C18H23N3OS2/c1-11-6-7-13-14(8-11)24-18-16(13)17(19-10-20-18)23-9-15(22)21-12-4-2-3-5-12/h10-12H,2-9H2,1H3,(H,21,22). The summed E-state index contributed by atoms with van der Waals surface area (Å²) in [5, 5.41) is 5.35. The number of carbonyl (C=O) groups excluding carboxylic acids is 1. The molecule has 0 bridgehead atoms. The summed E-state index contributed by atoms with van der Waals surface area (Å²) < 4.78 is 0.